The lowest BCUT2D eigenvalue weighted by Crippen LogP contribution is -2.30. The molecule has 1 unspecified atom stereocenters. The quantitative estimate of drug-likeness (QED) is 0.588. The van der Waals surface area contributed by atoms with Gasteiger partial charge in [-0.1, -0.05) is 6.07 Å². The molecular weight excluding hydrogens is 460 g/mol. The van der Waals surface area contributed by atoms with Gasteiger partial charge in [-0.2, -0.15) is 5.10 Å². The van der Waals surface area contributed by atoms with E-state index >= 15 is 0 Å². The van der Waals surface area contributed by atoms with Gasteiger partial charge in [-0.15, -0.1) is 0 Å². The number of ether oxygens (including phenoxy) is 2. The number of carbonyl (C=O) groups is 2. The predicted molar refractivity (Wildman–Crippen MR) is 131 cm³/mol. The molecule has 0 spiro atoms. The Morgan fingerprint density at radius 2 is 1.89 bits per heavy atom. The average Bonchev–Trinajstić information content (AvgIpc) is 3.62. The van der Waals surface area contributed by atoms with E-state index in [-0.39, 0.29) is 24.4 Å². The van der Waals surface area contributed by atoms with Gasteiger partial charge in [0.25, 0.3) is 5.91 Å². The number of aryl methyl sites for hydroxylation is 2. The van der Waals surface area contributed by atoms with Crippen molar-refractivity contribution in [3.05, 3.63) is 52.6 Å². The van der Waals surface area contributed by atoms with Gasteiger partial charge < -0.3 is 24.1 Å². The Morgan fingerprint density at radius 3 is 2.69 bits per heavy atom. The Labute approximate surface area is 209 Å². The van der Waals surface area contributed by atoms with Crippen molar-refractivity contribution in [2.24, 2.45) is 0 Å². The molecular formula is C27H30N4O5. The number of nitrogens with one attached hydrogen (secondary N) is 1. The number of hydrogen-bond acceptors (Lipinski definition) is 6. The van der Waals surface area contributed by atoms with Crippen molar-refractivity contribution in [1.82, 2.24) is 20.0 Å². The van der Waals surface area contributed by atoms with Crippen LogP contribution in [-0.4, -0.2) is 52.8 Å². The van der Waals surface area contributed by atoms with E-state index in [1.807, 2.05) is 43.1 Å². The van der Waals surface area contributed by atoms with Gasteiger partial charge in [0, 0.05) is 36.8 Å². The van der Waals surface area contributed by atoms with Gasteiger partial charge in [0.15, 0.2) is 17.3 Å². The van der Waals surface area contributed by atoms with Crippen LogP contribution in [0.15, 0.2) is 28.8 Å². The number of nitrogens with zero attached hydrogens (tertiary/aromatic N) is 3. The molecule has 1 saturated heterocycles. The molecule has 0 bridgehead atoms. The van der Waals surface area contributed by atoms with Gasteiger partial charge >= 0.3 is 0 Å². The van der Waals surface area contributed by atoms with Gasteiger partial charge in [0.05, 0.1) is 11.7 Å². The summed E-state index contributed by atoms with van der Waals surface area (Å²) in [5.41, 5.74) is 4.57. The molecule has 2 aromatic heterocycles. The first-order valence-electron chi connectivity index (χ1n) is 12.6. The van der Waals surface area contributed by atoms with E-state index in [1.165, 1.54) is 0 Å². The van der Waals surface area contributed by atoms with E-state index in [0.717, 1.165) is 78.2 Å². The normalized spacial score (nSPS) is 16.9. The van der Waals surface area contributed by atoms with E-state index in [1.54, 1.807) is 4.68 Å². The summed E-state index contributed by atoms with van der Waals surface area (Å²) in [6.07, 6.45) is 5.49. The number of furan rings is 1. The van der Waals surface area contributed by atoms with E-state index < -0.39 is 0 Å². The molecule has 2 aliphatic heterocycles. The highest BCUT2D eigenvalue weighted by atomic mass is 16.6. The Kier molecular flexibility index (Phi) is 5.70. The summed E-state index contributed by atoms with van der Waals surface area (Å²) in [6.45, 7) is 6.61. The fourth-order valence-electron chi connectivity index (χ4n) is 5.36. The van der Waals surface area contributed by atoms with Crippen LogP contribution in [-0.2, 0) is 24.2 Å². The Balaban J connectivity index is 1.17. The summed E-state index contributed by atoms with van der Waals surface area (Å²) < 4.78 is 19.0. The Morgan fingerprint density at radius 1 is 1.11 bits per heavy atom. The average molecular weight is 491 g/mol. The van der Waals surface area contributed by atoms with Gasteiger partial charge in [-0.05, 0) is 56.4 Å². The third kappa shape index (κ3) is 4.02. The molecule has 1 atom stereocenters. The number of fused-ring (bicyclic) bond motifs is 4. The summed E-state index contributed by atoms with van der Waals surface area (Å²) in [5.74, 6) is 2.50. The first-order valence-corrected chi connectivity index (χ1v) is 12.6. The molecule has 2 amide bonds. The van der Waals surface area contributed by atoms with Gasteiger partial charge in [-0.25, -0.2) is 0 Å². The van der Waals surface area contributed by atoms with Crippen LogP contribution in [0, 0.1) is 6.92 Å². The molecule has 9 nitrogen and oxygen atoms in total. The fraction of sp³-hybridized carbons (Fsp3) is 0.444. The number of likely N-dealkylation sites (tertiary alicyclic amines) is 1. The summed E-state index contributed by atoms with van der Waals surface area (Å²) in [4.78, 5) is 27.7. The maximum absolute atomic E-state index is 13.0. The lowest BCUT2D eigenvalue weighted by molar-refractivity contribution is -0.122. The maximum atomic E-state index is 13.0. The van der Waals surface area contributed by atoms with Crippen LogP contribution in [0.5, 0.6) is 11.5 Å². The number of aromatic nitrogens is 2. The predicted octanol–water partition coefficient (Wildman–Crippen LogP) is 3.43. The second-order valence-corrected chi connectivity index (χ2v) is 9.75. The summed E-state index contributed by atoms with van der Waals surface area (Å²) in [6, 6.07) is 5.54. The van der Waals surface area contributed by atoms with E-state index in [2.05, 4.69) is 5.32 Å². The first kappa shape index (κ1) is 22.7. The number of amides is 2. The molecule has 1 aromatic carbocycles. The summed E-state index contributed by atoms with van der Waals surface area (Å²) in [7, 11) is 0. The molecule has 1 aliphatic carbocycles. The van der Waals surface area contributed by atoms with E-state index in [9.17, 15) is 9.59 Å². The van der Waals surface area contributed by atoms with E-state index in [0.29, 0.717) is 24.7 Å². The minimum absolute atomic E-state index is 0.0344. The highest BCUT2D eigenvalue weighted by Crippen LogP contribution is 2.39. The first-order chi connectivity index (χ1) is 17.5. The number of carbonyl (C=O) groups excluding carboxylic acids is 2. The van der Waals surface area contributed by atoms with Crippen LogP contribution >= 0.6 is 0 Å². The van der Waals surface area contributed by atoms with Crippen molar-refractivity contribution in [2.75, 3.05) is 26.3 Å². The van der Waals surface area contributed by atoms with Crippen LogP contribution in [0.2, 0.25) is 0 Å². The van der Waals surface area contributed by atoms with Gasteiger partial charge in [0.1, 0.15) is 25.5 Å². The minimum atomic E-state index is -0.194. The van der Waals surface area contributed by atoms with Crippen molar-refractivity contribution < 1.29 is 23.5 Å². The summed E-state index contributed by atoms with van der Waals surface area (Å²) in [5, 5.41) is 7.78. The monoisotopic (exact) mass is 490 g/mol. The molecule has 3 aliphatic rings. The van der Waals surface area contributed by atoms with Crippen molar-refractivity contribution in [2.45, 2.75) is 52.1 Å². The SMILES string of the molecule is Cc1c(C(=O)N2CCCC2)oc2c1-c1nn(CC(=O)NC(C)c3ccc4c(c3)OCCO4)cc1CC2. The molecule has 1 N–H and O–H groups in total. The van der Waals surface area contributed by atoms with Crippen LogP contribution in [0.1, 0.15) is 58.8 Å². The highest BCUT2D eigenvalue weighted by molar-refractivity contribution is 5.95. The largest absolute Gasteiger partial charge is 0.486 e. The van der Waals surface area contributed by atoms with Crippen molar-refractivity contribution in [3.8, 4) is 22.8 Å². The highest BCUT2D eigenvalue weighted by Gasteiger charge is 2.32. The minimum Gasteiger partial charge on any atom is -0.486 e. The van der Waals surface area contributed by atoms with E-state index in [4.69, 9.17) is 19.0 Å². The molecule has 9 heteroatoms. The van der Waals surface area contributed by atoms with Crippen LogP contribution < -0.4 is 14.8 Å². The number of hydrogen-bond donors (Lipinski definition) is 1. The molecule has 0 saturated carbocycles. The lowest BCUT2D eigenvalue weighted by atomic mass is 9.93. The number of rotatable bonds is 5. The Hall–Kier alpha value is -3.75. The molecule has 6 rings (SSSR count). The van der Waals surface area contributed by atoms with Gasteiger partial charge in [0.2, 0.25) is 5.91 Å². The molecule has 188 valence electrons. The van der Waals surface area contributed by atoms with Crippen molar-refractivity contribution >= 4 is 11.8 Å². The van der Waals surface area contributed by atoms with Gasteiger partial charge in [-0.3, -0.25) is 14.3 Å². The topological polar surface area (TPSA) is 98.8 Å². The lowest BCUT2D eigenvalue weighted by Gasteiger charge is -2.21. The molecule has 4 heterocycles. The molecule has 3 aromatic rings. The second kappa shape index (κ2) is 9.04. The van der Waals surface area contributed by atoms with Crippen LogP contribution in [0.3, 0.4) is 0 Å². The van der Waals surface area contributed by atoms with Crippen molar-refractivity contribution in [1.29, 1.82) is 0 Å². The standard InChI is InChI=1S/C27H30N4O5/c1-16-24-21(36-26(16)27(33)30-9-3-4-10-30)8-6-19-14-31(29-25(19)24)15-23(32)28-17(2)18-5-7-20-22(13-18)35-12-11-34-20/h5,7,13-14,17H,3-4,6,8-12,15H2,1-2H3,(H,28,32). The maximum Gasteiger partial charge on any atom is 0.289 e. The molecule has 36 heavy (non-hydrogen) atoms. The van der Waals surface area contributed by atoms with Crippen molar-refractivity contribution in [3.63, 3.8) is 0 Å². The molecule has 0 radical (unpaired) electrons. The van der Waals surface area contributed by atoms with Crippen LogP contribution in [0.4, 0.5) is 0 Å². The molecule has 1 fully saturated rings. The Bertz CT molecular complexity index is 1330. The third-order valence-electron chi connectivity index (χ3n) is 7.25. The zero-order chi connectivity index (χ0) is 24.8. The van der Waals surface area contributed by atoms with Crippen LogP contribution in [0.25, 0.3) is 11.3 Å². The zero-order valence-corrected chi connectivity index (χ0v) is 20.6. The smallest absolute Gasteiger partial charge is 0.289 e. The second-order valence-electron chi connectivity index (χ2n) is 9.75. The summed E-state index contributed by atoms with van der Waals surface area (Å²) >= 11 is 0. The zero-order valence-electron chi connectivity index (χ0n) is 20.6. The fourth-order valence-corrected chi connectivity index (χ4v) is 5.36. The number of benzene rings is 1. The third-order valence-corrected chi connectivity index (χ3v) is 7.25.